The number of quaternary nitrogens is 1. The molecule has 2 N–H and O–H groups in total. The molecule has 0 bridgehead atoms. The Morgan fingerprint density at radius 2 is 1.63 bits per heavy atom. The second kappa shape index (κ2) is 9.83. The topological polar surface area (TPSA) is 61.2 Å². The molecular formula is C21H29N2O4+. The molecule has 0 radical (unpaired) electrons. The van der Waals surface area contributed by atoms with Crippen LogP contribution in [-0.2, 0) is 11.3 Å². The summed E-state index contributed by atoms with van der Waals surface area (Å²) >= 11 is 0. The van der Waals surface area contributed by atoms with E-state index in [0.29, 0.717) is 6.54 Å². The second-order valence-corrected chi connectivity index (χ2v) is 6.56. The highest BCUT2D eigenvalue weighted by molar-refractivity contribution is 5.77. The number of rotatable bonds is 9. The number of likely N-dealkylation sites (N-methyl/N-ethyl adjacent to an activating group) is 1. The van der Waals surface area contributed by atoms with Gasteiger partial charge in [0.15, 0.2) is 6.54 Å². The van der Waals surface area contributed by atoms with Crippen molar-refractivity contribution in [3.05, 3.63) is 53.6 Å². The summed E-state index contributed by atoms with van der Waals surface area (Å²) in [6.45, 7) is 3.07. The Hall–Kier alpha value is -2.73. The summed E-state index contributed by atoms with van der Waals surface area (Å²) in [6.07, 6.45) is 0. The van der Waals surface area contributed by atoms with Crippen LogP contribution in [0, 0.1) is 0 Å². The number of carbonyl (C=O) groups excluding carboxylic acids is 1. The van der Waals surface area contributed by atoms with E-state index in [2.05, 4.69) is 5.32 Å². The molecule has 27 heavy (non-hydrogen) atoms. The summed E-state index contributed by atoms with van der Waals surface area (Å²) in [5.41, 5.74) is 2.04. The predicted molar refractivity (Wildman–Crippen MR) is 105 cm³/mol. The Labute approximate surface area is 161 Å². The van der Waals surface area contributed by atoms with Crippen LogP contribution in [0.3, 0.4) is 0 Å². The number of ether oxygens (including phenoxy) is 3. The molecule has 2 aromatic rings. The minimum Gasteiger partial charge on any atom is -0.497 e. The average Bonchev–Trinajstić information content (AvgIpc) is 2.67. The van der Waals surface area contributed by atoms with Crippen molar-refractivity contribution < 1.29 is 23.9 Å². The van der Waals surface area contributed by atoms with Crippen molar-refractivity contribution in [1.82, 2.24) is 5.32 Å². The molecule has 0 saturated heterocycles. The van der Waals surface area contributed by atoms with Crippen LogP contribution in [0.1, 0.15) is 24.1 Å². The van der Waals surface area contributed by atoms with Crippen molar-refractivity contribution in [2.45, 2.75) is 19.5 Å². The SMILES string of the molecule is COc1ccc(C[NH+](C)CC(=O)N[C@@H](C)c2cc(OC)ccc2OC)cc1. The van der Waals surface area contributed by atoms with Crippen LogP contribution in [0.25, 0.3) is 0 Å². The molecule has 0 aliphatic rings. The summed E-state index contributed by atoms with van der Waals surface area (Å²) in [5, 5.41) is 3.04. The Kier molecular flexibility index (Phi) is 7.49. The van der Waals surface area contributed by atoms with Crippen LogP contribution in [0.2, 0.25) is 0 Å². The van der Waals surface area contributed by atoms with Crippen molar-refractivity contribution >= 4 is 5.91 Å². The molecule has 1 unspecified atom stereocenters. The minimum absolute atomic E-state index is 0.0154. The maximum Gasteiger partial charge on any atom is 0.275 e. The molecule has 2 atom stereocenters. The molecule has 146 valence electrons. The van der Waals surface area contributed by atoms with Crippen LogP contribution in [0.4, 0.5) is 0 Å². The summed E-state index contributed by atoms with van der Waals surface area (Å²) in [7, 11) is 6.88. The first-order valence-corrected chi connectivity index (χ1v) is 8.92. The quantitative estimate of drug-likeness (QED) is 0.701. The zero-order valence-electron chi connectivity index (χ0n) is 16.7. The molecular weight excluding hydrogens is 344 g/mol. The minimum atomic E-state index is -0.184. The zero-order chi connectivity index (χ0) is 19.8. The lowest BCUT2D eigenvalue weighted by Gasteiger charge is -2.20. The van der Waals surface area contributed by atoms with Gasteiger partial charge in [0.05, 0.1) is 34.4 Å². The molecule has 6 nitrogen and oxygen atoms in total. The fraction of sp³-hybridized carbons (Fsp3) is 0.381. The van der Waals surface area contributed by atoms with Crippen LogP contribution in [-0.4, -0.2) is 40.8 Å². The highest BCUT2D eigenvalue weighted by Gasteiger charge is 2.17. The standard InChI is InChI=1S/C21H28N2O4/c1-15(19-12-18(26-4)10-11-20(19)27-5)22-21(24)14-23(2)13-16-6-8-17(25-3)9-7-16/h6-12,15H,13-14H2,1-5H3,(H,22,24)/p+1/t15-/m0/s1. The molecule has 2 rings (SSSR count). The molecule has 6 heteroatoms. The van der Waals surface area contributed by atoms with E-state index in [1.54, 1.807) is 21.3 Å². The largest absolute Gasteiger partial charge is 0.497 e. The first-order chi connectivity index (χ1) is 13.0. The molecule has 0 aromatic heterocycles. The number of methoxy groups -OCH3 is 3. The fourth-order valence-electron chi connectivity index (χ4n) is 2.98. The third-order valence-electron chi connectivity index (χ3n) is 4.41. The van der Waals surface area contributed by atoms with E-state index >= 15 is 0 Å². The molecule has 1 amide bonds. The number of hydrogen-bond acceptors (Lipinski definition) is 4. The monoisotopic (exact) mass is 373 g/mol. The van der Waals surface area contributed by atoms with Crippen LogP contribution in [0.15, 0.2) is 42.5 Å². The normalized spacial score (nSPS) is 12.8. The Morgan fingerprint density at radius 1 is 1.00 bits per heavy atom. The van der Waals surface area contributed by atoms with Gasteiger partial charge in [0.1, 0.15) is 23.8 Å². The maximum absolute atomic E-state index is 12.5. The van der Waals surface area contributed by atoms with E-state index in [-0.39, 0.29) is 11.9 Å². The molecule has 0 fully saturated rings. The third-order valence-corrected chi connectivity index (χ3v) is 4.41. The number of amides is 1. The first kappa shape index (κ1) is 20.6. The van der Waals surface area contributed by atoms with Gasteiger partial charge in [0.2, 0.25) is 0 Å². The maximum atomic E-state index is 12.5. The average molecular weight is 373 g/mol. The van der Waals surface area contributed by atoms with Crippen molar-refractivity contribution in [3.8, 4) is 17.2 Å². The molecule has 2 aromatic carbocycles. The number of benzene rings is 2. The van der Waals surface area contributed by atoms with Crippen molar-refractivity contribution in [2.24, 2.45) is 0 Å². The van der Waals surface area contributed by atoms with E-state index in [9.17, 15) is 4.79 Å². The van der Waals surface area contributed by atoms with Gasteiger partial charge in [-0.1, -0.05) is 0 Å². The lowest BCUT2D eigenvalue weighted by molar-refractivity contribution is -0.885. The van der Waals surface area contributed by atoms with E-state index in [1.165, 1.54) is 0 Å². The first-order valence-electron chi connectivity index (χ1n) is 8.92. The number of carbonyl (C=O) groups is 1. The number of nitrogens with one attached hydrogen (secondary N) is 2. The van der Waals surface area contributed by atoms with Crippen molar-refractivity contribution in [3.63, 3.8) is 0 Å². The van der Waals surface area contributed by atoms with Gasteiger partial charge in [0.25, 0.3) is 5.91 Å². The van der Waals surface area contributed by atoms with Gasteiger partial charge in [-0.3, -0.25) is 4.79 Å². The predicted octanol–water partition coefficient (Wildman–Crippen LogP) is 1.60. The molecule has 0 aliphatic heterocycles. The van der Waals surface area contributed by atoms with E-state index in [0.717, 1.165) is 39.8 Å². The molecule has 0 heterocycles. The Balaban J connectivity index is 1.93. The lowest BCUT2D eigenvalue weighted by atomic mass is 10.1. The highest BCUT2D eigenvalue weighted by atomic mass is 16.5. The van der Waals surface area contributed by atoms with Gasteiger partial charge in [-0.05, 0) is 49.4 Å². The molecule has 0 spiro atoms. The van der Waals surface area contributed by atoms with Crippen LogP contribution < -0.4 is 24.4 Å². The molecule has 0 aliphatic carbocycles. The van der Waals surface area contributed by atoms with E-state index < -0.39 is 0 Å². The summed E-state index contributed by atoms with van der Waals surface area (Å²) in [4.78, 5) is 13.6. The smallest absolute Gasteiger partial charge is 0.275 e. The Bertz CT molecular complexity index is 746. The highest BCUT2D eigenvalue weighted by Crippen LogP contribution is 2.29. The molecule has 0 saturated carbocycles. The summed E-state index contributed by atoms with van der Waals surface area (Å²) in [5.74, 6) is 2.27. The summed E-state index contributed by atoms with van der Waals surface area (Å²) in [6, 6.07) is 13.3. The van der Waals surface area contributed by atoms with Gasteiger partial charge >= 0.3 is 0 Å². The lowest BCUT2D eigenvalue weighted by Crippen LogP contribution is -3.08. The van der Waals surface area contributed by atoms with Crippen molar-refractivity contribution in [2.75, 3.05) is 34.9 Å². The van der Waals surface area contributed by atoms with Crippen LogP contribution in [0.5, 0.6) is 17.2 Å². The van der Waals surface area contributed by atoms with E-state index in [4.69, 9.17) is 14.2 Å². The van der Waals surface area contributed by atoms with E-state index in [1.807, 2.05) is 56.4 Å². The zero-order valence-corrected chi connectivity index (χ0v) is 16.7. The second-order valence-electron chi connectivity index (χ2n) is 6.56. The fourth-order valence-corrected chi connectivity index (χ4v) is 2.98. The third kappa shape index (κ3) is 5.89. The van der Waals surface area contributed by atoms with Gasteiger partial charge < -0.3 is 24.4 Å². The number of hydrogen-bond donors (Lipinski definition) is 2. The van der Waals surface area contributed by atoms with Gasteiger partial charge in [-0.25, -0.2) is 0 Å². The van der Waals surface area contributed by atoms with Crippen molar-refractivity contribution in [1.29, 1.82) is 0 Å². The van der Waals surface area contributed by atoms with Crippen LogP contribution >= 0.6 is 0 Å². The Morgan fingerprint density at radius 3 is 2.22 bits per heavy atom. The van der Waals surface area contributed by atoms with Gasteiger partial charge in [-0.15, -0.1) is 0 Å². The summed E-state index contributed by atoms with van der Waals surface area (Å²) < 4.78 is 15.8. The van der Waals surface area contributed by atoms with Gasteiger partial charge in [0, 0.05) is 11.1 Å². The van der Waals surface area contributed by atoms with Gasteiger partial charge in [-0.2, -0.15) is 0 Å².